The maximum Gasteiger partial charge on any atom is 0.225 e. The molecule has 0 aliphatic rings. The molecule has 0 aromatic heterocycles. The summed E-state index contributed by atoms with van der Waals surface area (Å²) in [5.74, 6) is -1.31. The van der Waals surface area contributed by atoms with Crippen LogP contribution in [0.15, 0.2) is 24.3 Å². The fraction of sp³-hybridized carbons (Fsp3) is 0. The molecule has 0 saturated heterocycles. The van der Waals surface area contributed by atoms with Crippen molar-refractivity contribution in [3.8, 4) is 0 Å². The van der Waals surface area contributed by atoms with E-state index in [2.05, 4.69) is 0 Å². The molecule has 0 aliphatic carbocycles. The maximum absolute atomic E-state index is 10.8. The summed E-state index contributed by atoms with van der Waals surface area (Å²) in [6.07, 6.45) is 0.382. The van der Waals surface area contributed by atoms with Crippen molar-refractivity contribution in [2.45, 2.75) is 0 Å². The molecule has 0 fully saturated rings. The largest absolute Gasteiger partial charge is 0.412 e. The Morgan fingerprint density at radius 2 is 1.00 bits per heavy atom. The van der Waals surface area contributed by atoms with E-state index in [-0.39, 0.29) is 34.7 Å². The highest BCUT2D eigenvalue weighted by Crippen LogP contribution is 2.04. The number of carbonyl (C=O) groups excluding carboxylic acids is 4. The van der Waals surface area contributed by atoms with Gasteiger partial charge in [-0.2, -0.15) is 0 Å². The van der Waals surface area contributed by atoms with Gasteiger partial charge in [0.15, 0.2) is 12.6 Å². The van der Waals surface area contributed by atoms with Crippen molar-refractivity contribution in [2.24, 2.45) is 0 Å². The van der Waals surface area contributed by atoms with E-state index >= 15 is 0 Å². The number of ketones is 2. The fourth-order valence-electron chi connectivity index (χ4n) is 0.935. The smallest absolute Gasteiger partial charge is 0.225 e. The maximum atomic E-state index is 10.8. The van der Waals surface area contributed by atoms with Crippen molar-refractivity contribution in [1.82, 2.24) is 0 Å². The van der Waals surface area contributed by atoms with Crippen molar-refractivity contribution >= 4 is 24.1 Å². The average Bonchev–Trinajstić information content (AvgIpc) is 2.27. The molecule has 4 N–H and O–H groups in total. The first-order chi connectivity index (χ1) is 6.69. The molecule has 86 valence electrons. The molecule has 0 atom stereocenters. The second-order valence-corrected chi connectivity index (χ2v) is 2.54. The summed E-state index contributed by atoms with van der Waals surface area (Å²) in [5.41, 5.74) is 0.393. The minimum absolute atomic E-state index is 0. The Morgan fingerprint density at radius 1 is 0.750 bits per heavy atom. The summed E-state index contributed by atoms with van der Waals surface area (Å²) in [7, 11) is 0. The van der Waals surface area contributed by atoms with Gasteiger partial charge in [-0.15, -0.1) is 0 Å². The lowest BCUT2D eigenvalue weighted by Gasteiger charge is -1.95. The highest BCUT2D eigenvalue weighted by Gasteiger charge is 2.06. The third-order valence-corrected chi connectivity index (χ3v) is 1.67. The molecule has 0 unspecified atom stereocenters. The summed E-state index contributed by atoms with van der Waals surface area (Å²) in [4.78, 5) is 41.9. The molecule has 0 heterocycles. The predicted molar refractivity (Wildman–Crippen MR) is 54.5 cm³/mol. The zero-order valence-corrected chi connectivity index (χ0v) is 8.10. The molecule has 0 radical (unpaired) electrons. The molecule has 0 spiro atoms. The van der Waals surface area contributed by atoms with E-state index in [1.54, 1.807) is 0 Å². The van der Waals surface area contributed by atoms with Crippen molar-refractivity contribution in [2.75, 3.05) is 0 Å². The van der Waals surface area contributed by atoms with E-state index in [1.807, 2.05) is 0 Å². The quantitative estimate of drug-likeness (QED) is 0.362. The van der Waals surface area contributed by atoms with Crippen LogP contribution in [0.5, 0.6) is 0 Å². The van der Waals surface area contributed by atoms with Crippen LogP contribution in [0.2, 0.25) is 0 Å². The van der Waals surface area contributed by atoms with Gasteiger partial charge in [-0.25, -0.2) is 0 Å². The van der Waals surface area contributed by atoms with E-state index in [0.717, 1.165) is 0 Å². The third-order valence-electron chi connectivity index (χ3n) is 1.67. The van der Waals surface area contributed by atoms with Gasteiger partial charge in [-0.05, 0) is 0 Å². The lowest BCUT2D eigenvalue weighted by atomic mass is 10.1. The van der Waals surface area contributed by atoms with Gasteiger partial charge in [-0.1, -0.05) is 24.3 Å². The summed E-state index contributed by atoms with van der Waals surface area (Å²) in [5, 5.41) is 0. The average molecular weight is 226 g/mol. The molecule has 1 aromatic rings. The Morgan fingerprint density at radius 3 is 1.19 bits per heavy atom. The first-order valence-electron chi connectivity index (χ1n) is 3.78. The Labute approximate surface area is 90.5 Å². The number of benzene rings is 1. The zero-order chi connectivity index (χ0) is 10.6. The van der Waals surface area contributed by atoms with Crippen LogP contribution < -0.4 is 0 Å². The van der Waals surface area contributed by atoms with Gasteiger partial charge in [0.25, 0.3) is 0 Å². The van der Waals surface area contributed by atoms with Crippen LogP contribution in [0.4, 0.5) is 0 Å². The van der Waals surface area contributed by atoms with Crippen molar-refractivity contribution < 1.29 is 30.1 Å². The Hall–Kier alpha value is -2.18. The van der Waals surface area contributed by atoms with Gasteiger partial charge >= 0.3 is 0 Å². The SMILES string of the molecule is O.O.O=CC(=O)c1ccc(C(=O)C=O)cc1. The molecule has 6 heteroatoms. The van der Waals surface area contributed by atoms with E-state index < -0.39 is 11.6 Å². The van der Waals surface area contributed by atoms with E-state index in [4.69, 9.17) is 0 Å². The molecule has 1 rings (SSSR count). The Bertz CT molecular complexity index is 353. The number of hydrogen-bond acceptors (Lipinski definition) is 4. The van der Waals surface area contributed by atoms with Gasteiger partial charge in [-0.3, -0.25) is 19.2 Å². The summed E-state index contributed by atoms with van der Waals surface area (Å²) in [6, 6.07) is 5.31. The fourth-order valence-corrected chi connectivity index (χ4v) is 0.935. The van der Waals surface area contributed by atoms with Crippen molar-refractivity contribution in [3.05, 3.63) is 35.4 Å². The highest BCUT2D eigenvalue weighted by molar-refractivity contribution is 6.34. The van der Waals surface area contributed by atoms with Crippen LogP contribution in [0.3, 0.4) is 0 Å². The molecule has 1 aromatic carbocycles. The van der Waals surface area contributed by atoms with Gasteiger partial charge in [0.05, 0.1) is 0 Å². The first kappa shape index (κ1) is 16.3. The summed E-state index contributed by atoms with van der Waals surface area (Å²) < 4.78 is 0. The minimum atomic E-state index is -0.657. The molecular weight excluding hydrogens is 216 g/mol. The van der Waals surface area contributed by atoms with Gasteiger partial charge in [0.2, 0.25) is 11.6 Å². The normalized spacial score (nSPS) is 8.00. The van der Waals surface area contributed by atoms with Crippen LogP contribution in [0, 0.1) is 0 Å². The predicted octanol–water partition coefficient (Wildman–Crippen LogP) is -1.20. The van der Waals surface area contributed by atoms with E-state index in [9.17, 15) is 19.2 Å². The first-order valence-corrected chi connectivity index (χ1v) is 3.78. The number of Topliss-reactive ketones (excluding diaryl/α,β-unsaturated/α-hetero) is 2. The molecule has 0 bridgehead atoms. The van der Waals surface area contributed by atoms with Crippen LogP contribution in [-0.4, -0.2) is 35.1 Å². The minimum Gasteiger partial charge on any atom is -0.412 e. The molecular formula is C10H10O6. The topological polar surface area (TPSA) is 131 Å². The Kier molecular flexibility index (Phi) is 7.27. The Balaban J connectivity index is 0. The molecule has 0 saturated carbocycles. The second-order valence-electron chi connectivity index (χ2n) is 2.54. The highest BCUT2D eigenvalue weighted by atomic mass is 16.2. The molecule has 0 aliphatic heterocycles. The van der Waals surface area contributed by atoms with Crippen molar-refractivity contribution in [1.29, 1.82) is 0 Å². The monoisotopic (exact) mass is 226 g/mol. The molecule has 0 amide bonds. The second kappa shape index (κ2) is 7.16. The van der Waals surface area contributed by atoms with Gasteiger partial charge in [0, 0.05) is 11.1 Å². The number of carbonyl (C=O) groups is 4. The van der Waals surface area contributed by atoms with E-state index in [1.165, 1.54) is 24.3 Å². The van der Waals surface area contributed by atoms with E-state index in [0.29, 0.717) is 0 Å². The number of rotatable bonds is 4. The third kappa shape index (κ3) is 3.52. The van der Waals surface area contributed by atoms with Crippen molar-refractivity contribution in [3.63, 3.8) is 0 Å². The lowest BCUT2D eigenvalue weighted by molar-refractivity contribution is -0.105. The van der Waals surface area contributed by atoms with Crippen LogP contribution >= 0.6 is 0 Å². The standard InChI is InChI=1S/C10H6O4.2H2O/c11-5-9(13)7-1-2-8(4-3-7)10(14)6-12;;/h1-6H;2*1H2. The van der Waals surface area contributed by atoms with Crippen LogP contribution in [0.1, 0.15) is 20.7 Å². The summed E-state index contributed by atoms with van der Waals surface area (Å²) >= 11 is 0. The molecule has 6 nitrogen and oxygen atoms in total. The number of aldehydes is 2. The lowest BCUT2D eigenvalue weighted by Crippen LogP contribution is -2.03. The van der Waals surface area contributed by atoms with Crippen LogP contribution in [0.25, 0.3) is 0 Å². The summed E-state index contributed by atoms with van der Waals surface area (Å²) in [6.45, 7) is 0. The zero-order valence-electron chi connectivity index (χ0n) is 8.10. The van der Waals surface area contributed by atoms with Crippen LogP contribution in [-0.2, 0) is 9.59 Å². The number of hydrogen-bond donors (Lipinski definition) is 0. The van der Waals surface area contributed by atoms with Gasteiger partial charge < -0.3 is 11.0 Å². The van der Waals surface area contributed by atoms with Gasteiger partial charge in [0.1, 0.15) is 0 Å². The molecule has 16 heavy (non-hydrogen) atoms.